The van der Waals surface area contributed by atoms with Crippen LogP contribution in [-0.4, -0.2) is 38.1 Å². The number of rotatable bonds is 8. The second-order valence-corrected chi connectivity index (χ2v) is 11.0. The summed E-state index contributed by atoms with van der Waals surface area (Å²) in [6.07, 6.45) is 2.29. The van der Waals surface area contributed by atoms with E-state index in [1.54, 1.807) is 14.2 Å². The van der Waals surface area contributed by atoms with Crippen LogP contribution in [0.2, 0.25) is 0 Å². The van der Waals surface area contributed by atoms with Crippen LogP contribution in [0.1, 0.15) is 72.1 Å². The van der Waals surface area contributed by atoms with Crippen molar-refractivity contribution in [3.8, 4) is 11.5 Å². The van der Waals surface area contributed by atoms with Gasteiger partial charge in [-0.1, -0.05) is 63.2 Å². The van der Waals surface area contributed by atoms with Crippen LogP contribution >= 0.6 is 0 Å². The number of carbonyl (C=O) groups excluding carboxylic acids is 1. The van der Waals surface area contributed by atoms with Gasteiger partial charge in [-0.15, -0.1) is 0 Å². The molecule has 4 rings (SSSR count). The summed E-state index contributed by atoms with van der Waals surface area (Å²) in [4.78, 5) is 15.1. The van der Waals surface area contributed by atoms with Crippen molar-refractivity contribution in [2.75, 3.05) is 27.3 Å². The molecule has 0 aliphatic carbocycles. The Morgan fingerprint density at radius 2 is 1.49 bits per heavy atom. The highest BCUT2D eigenvalue weighted by atomic mass is 16.5. The van der Waals surface area contributed by atoms with E-state index in [9.17, 15) is 4.79 Å². The molecule has 5 nitrogen and oxygen atoms in total. The number of methoxy groups -OCH3 is 2. The zero-order valence-corrected chi connectivity index (χ0v) is 22.8. The highest BCUT2D eigenvalue weighted by Gasteiger charge is 2.21. The van der Waals surface area contributed by atoms with Gasteiger partial charge in [0.15, 0.2) is 11.5 Å². The maximum atomic E-state index is 12.6. The third kappa shape index (κ3) is 6.92. The van der Waals surface area contributed by atoms with Gasteiger partial charge in [0.2, 0.25) is 0 Å². The SMILES string of the molecule is COc1ccc(CN2CCC(c3ccc(CNC(=O)c4ccc(C(C)(C)C)cc4)cc3)CC2)cc1OC. The van der Waals surface area contributed by atoms with Crippen molar-refractivity contribution < 1.29 is 14.3 Å². The zero-order valence-electron chi connectivity index (χ0n) is 22.8. The van der Waals surface area contributed by atoms with Crippen LogP contribution in [0.15, 0.2) is 66.7 Å². The van der Waals surface area contributed by atoms with E-state index in [4.69, 9.17) is 9.47 Å². The Kier molecular flexibility index (Phi) is 8.55. The van der Waals surface area contributed by atoms with Crippen LogP contribution in [0.4, 0.5) is 0 Å². The molecular weight excluding hydrogens is 460 g/mol. The highest BCUT2D eigenvalue weighted by molar-refractivity contribution is 5.94. The molecule has 0 aromatic heterocycles. The molecular formula is C32H40N2O3. The lowest BCUT2D eigenvalue weighted by molar-refractivity contribution is 0.0951. The Morgan fingerprint density at radius 3 is 2.08 bits per heavy atom. The van der Waals surface area contributed by atoms with Crippen molar-refractivity contribution in [1.82, 2.24) is 10.2 Å². The third-order valence-corrected chi connectivity index (χ3v) is 7.36. The lowest BCUT2D eigenvalue weighted by atomic mass is 9.87. The summed E-state index contributed by atoms with van der Waals surface area (Å²) in [6, 6.07) is 22.8. The van der Waals surface area contributed by atoms with E-state index < -0.39 is 0 Å². The second-order valence-electron chi connectivity index (χ2n) is 11.0. The van der Waals surface area contributed by atoms with E-state index >= 15 is 0 Å². The molecule has 1 heterocycles. The molecule has 1 aliphatic rings. The fourth-order valence-corrected chi connectivity index (χ4v) is 4.98. The molecule has 0 saturated carbocycles. The quantitative estimate of drug-likeness (QED) is 0.394. The fourth-order valence-electron chi connectivity index (χ4n) is 4.98. The molecule has 0 unspecified atom stereocenters. The van der Waals surface area contributed by atoms with Gasteiger partial charge in [0, 0.05) is 18.7 Å². The molecule has 3 aromatic rings. The minimum absolute atomic E-state index is 0.0358. The zero-order chi connectivity index (χ0) is 26.4. The van der Waals surface area contributed by atoms with Crippen molar-refractivity contribution in [2.24, 2.45) is 0 Å². The van der Waals surface area contributed by atoms with Gasteiger partial charge < -0.3 is 14.8 Å². The van der Waals surface area contributed by atoms with Gasteiger partial charge in [0.1, 0.15) is 0 Å². The van der Waals surface area contributed by atoms with Crippen molar-refractivity contribution in [2.45, 2.75) is 58.0 Å². The number of carbonyl (C=O) groups is 1. The smallest absolute Gasteiger partial charge is 0.251 e. The van der Waals surface area contributed by atoms with Crippen LogP contribution in [0.25, 0.3) is 0 Å². The number of nitrogens with zero attached hydrogens (tertiary/aromatic N) is 1. The van der Waals surface area contributed by atoms with Crippen molar-refractivity contribution in [3.63, 3.8) is 0 Å². The van der Waals surface area contributed by atoms with Gasteiger partial charge in [-0.05, 0) is 83.8 Å². The Labute approximate surface area is 221 Å². The van der Waals surface area contributed by atoms with E-state index in [-0.39, 0.29) is 11.3 Å². The van der Waals surface area contributed by atoms with Crippen molar-refractivity contribution >= 4 is 5.91 Å². The number of piperidine rings is 1. The van der Waals surface area contributed by atoms with E-state index in [1.807, 2.05) is 30.3 Å². The summed E-state index contributed by atoms with van der Waals surface area (Å²) < 4.78 is 10.8. The van der Waals surface area contributed by atoms with E-state index in [0.717, 1.165) is 49.5 Å². The van der Waals surface area contributed by atoms with E-state index in [1.165, 1.54) is 16.7 Å². The monoisotopic (exact) mass is 500 g/mol. The van der Waals surface area contributed by atoms with Gasteiger partial charge in [0.05, 0.1) is 14.2 Å². The Balaban J connectivity index is 1.25. The van der Waals surface area contributed by atoms with Gasteiger partial charge in [-0.3, -0.25) is 9.69 Å². The summed E-state index contributed by atoms with van der Waals surface area (Å²) in [5.74, 6) is 2.09. The molecule has 196 valence electrons. The van der Waals surface area contributed by atoms with Gasteiger partial charge >= 0.3 is 0 Å². The second kappa shape index (κ2) is 11.8. The minimum atomic E-state index is -0.0358. The summed E-state index contributed by atoms with van der Waals surface area (Å²) in [7, 11) is 3.34. The maximum absolute atomic E-state index is 12.6. The molecule has 37 heavy (non-hydrogen) atoms. The molecule has 5 heteroatoms. The first-order chi connectivity index (χ1) is 17.8. The molecule has 1 amide bonds. The summed E-state index contributed by atoms with van der Waals surface area (Å²) in [5, 5.41) is 3.05. The summed E-state index contributed by atoms with van der Waals surface area (Å²) in [6.45, 7) is 10.1. The summed E-state index contributed by atoms with van der Waals surface area (Å²) >= 11 is 0. The van der Waals surface area contributed by atoms with E-state index in [2.05, 4.69) is 67.4 Å². The van der Waals surface area contributed by atoms with Crippen LogP contribution in [-0.2, 0) is 18.5 Å². The van der Waals surface area contributed by atoms with Crippen molar-refractivity contribution in [1.29, 1.82) is 0 Å². The Bertz CT molecular complexity index is 1170. The normalized spacial score (nSPS) is 14.8. The van der Waals surface area contributed by atoms with Crippen molar-refractivity contribution in [3.05, 3.63) is 94.5 Å². The molecule has 0 atom stereocenters. The highest BCUT2D eigenvalue weighted by Crippen LogP contribution is 2.31. The standard InChI is InChI=1S/C32H40N2O3/c1-32(2,3)28-13-11-27(12-14-28)31(35)33-21-23-6-9-25(10-7-23)26-16-18-34(19-17-26)22-24-8-15-29(36-4)30(20-24)37-5/h6-15,20,26H,16-19,21-22H2,1-5H3,(H,33,35). The molecule has 1 aliphatic heterocycles. The third-order valence-electron chi connectivity index (χ3n) is 7.36. The number of likely N-dealkylation sites (tertiary alicyclic amines) is 1. The topological polar surface area (TPSA) is 50.8 Å². The lowest BCUT2D eigenvalue weighted by Crippen LogP contribution is -2.32. The average molecular weight is 501 g/mol. The summed E-state index contributed by atoms with van der Waals surface area (Å²) in [5.41, 5.74) is 5.76. The van der Waals surface area contributed by atoms with Gasteiger partial charge in [-0.2, -0.15) is 0 Å². The average Bonchev–Trinajstić information content (AvgIpc) is 2.92. The Morgan fingerprint density at radius 1 is 0.865 bits per heavy atom. The number of amides is 1. The Hall–Kier alpha value is -3.31. The van der Waals surface area contributed by atoms with Gasteiger partial charge in [-0.25, -0.2) is 0 Å². The predicted octanol–water partition coefficient (Wildman–Crippen LogP) is 6.31. The molecule has 1 fully saturated rings. The van der Waals surface area contributed by atoms with Crippen LogP contribution in [0.5, 0.6) is 11.5 Å². The molecule has 3 aromatic carbocycles. The van der Waals surface area contributed by atoms with E-state index in [0.29, 0.717) is 18.0 Å². The maximum Gasteiger partial charge on any atom is 0.251 e. The van der Waals surface area contributed by atoms with Crippen LogP contribution in [0.3, 0.4) is 0 Å². The fraction of sp³-hybridized carbons (Fsp3) is 0.406. The first-order valence-corrected chi connectivity index (χ1v) is 13.2. The first kappa shape index (κ1) is 26.7. The molecule has 1 N–H and O–H groups in total. The minimum Gasteiger partial charge on any atom is -0.493 e. The molecule has 0 radical (unpaired) electrons. The largest absolute Gasteiger partial charge is 0.493 e. The van der Waals surface area contributed by atoms with Gasteiger partial charge in [0.25, 0.3) is 5.91 Å². The molecule has 0 spiro atoms. The predicted molar refractivity (Wildman–Crippen MR) is 150 cm³/mol. The number of ether oxygens (including phenoxy) is 2. The first-order valence-electron chi connectivity index (χ1n) is 13.2. The number of benzene rings is 3. The van der Waals surface area contributed by atoms with Crippen LogP contribution < -0.4 is 14.8 Å². The number of nitrogens with one attached hydrogen (secondary N) is 1. The van der Waals surface area contributed by atoms with Crippen LogP contribution in [0, 0.1) is 0 Å². The number of hydrogen-bond donors (Lipinski definition) is 1. The number of hydrogen-bond acceptors (Lipinski definition) is 4. The molecule has 1 saturated heterocycles. The lowest BCUT2D eigenvalue weighted by Gasteiger charge is -2.32. The molecule has 0 bridgehead atoms.